The quantitative estimate of drug-likeness (QED) is 0.886. The predicted molar refractivity (Wildman–Crippen MR) is 71.8 cm³/mol. The molecule has 0 unspecified atom stereocenters. The van der Waals surface area contributed by atoms with Crippen molar-refractivity contribution >= 4 is 11.9 Å². The zero-order valence-electron chi connectivity index (χ0n) is 11.3. The molecule has 1 aromatic rings. The van der Waals surface area contributed by atoms with E-state index in [0.717, 1.165) is 12.0 Å². The summed E-state index contributed by atoms with van der Waals surface area (Å²) in [6.45, 7) is 4.55. The summed E-state index contributed by atoms with van der Waals surface area (Å²) >= 11 is 0. The molecule has 0 radical (unpaired) electrons. The number of amides is 1. The van der Waals surface area contributed by atoms with Crippen molar-refractivity contribution in [1.82, 2.24) is 4.90 Å². The molecule has 1 aliphatic rings. The van der Waals surface area contributed by atoms with Crippen molar-refractivity contribution in [2.24, 2.45) is 5.92 Å². The van der Waals surface area contributed by atoms with Crippen molar-refractivity contribution in [3.05, 3.63) is 35.4 Å². The molecule has 0 aliphatic carbocycles. The zero-order valence-corrected chi connectivity index (χ0v) is 11.3. The number of nitrogens with zero attached hydrogens (tertiary/aromatic N) is 1. The summed E-state index contributed by atoms with van der Waals surface area (Å²) in [5, 5.41) is 9.05. The lowest BCUT2D eigenvalue weighted by Gasteiger charge is -2.31. The van der Waals surface area contributed by atoms with Gasteiger partial charge in [-0.2, -0.15) is 0 Å². The molecule has 2 rings (SSSR count). The fourth-order valence-electron chi connectivity index (χ4n) is 2.61. The third-order valence-corrected chi connectivity index (χ3v) is 3.93. The summed E-state index contributed by atoms with van der Waals surface area (Å²) < 4.78 is 0. The van der Waals surface area contributed by atoms with E-state index in [9.17, 15) is 9.59 Å². The van der Waals surface area contributed by atoms with Crippen molar-refractivity contribution < 1.29 is 14.7 Å². The molecular formula is C15H19NO3. The van der Waals surface area contributed by atoms with Gasteiger partial charge in [0, 0.05) is 18.2 Å². The summed E-state index contributed by atoms with van der Waals surface area (Å²) in [4.78, 5) is 25.1. The number of carbonyl (C=O) groups is 2. The van der Waals surface area contributed by atoms with Gasteiger partial charge >= 0.3 is 5.97 Å². The molecule has 0 fully saturated rings. The Hall–Kier alpha value is -1.84. The van der Waals surface area contributed by atoms with Gasteiger partial charge in [0.15, 0.2) is 0 Å². The van der Waals surface area contributed by atoms with Crippen LogP contribution in [0.15, 0.2) is 24.3 Å². The molecule has 1 heterocycles. The molecule has 0 aromatic heterocycles. The Morgan fingerprint density at radius 2 is 2.11 bits per heavy atom. The van der Waals surface area contributed by atoms with E-state index >= 15 is 0 Å². The average molecular weight is 261 g/mol. The molecule has 1 aromatic carbocycles. The Bertz CT molecular complexity index is 498. The van der Waals surface area contributed by atoms with Gasteiger partial charge in [0.1, 0.15) is 0 Å². The topological polar surface area (TPSA) is 57.6 Å². The molecule has 0 saturated carbocycles. The summed E-state index contributed by atoms with van der Waals surface area (Å²) in [6, 6.07) is 7.26. The molecule has 2 atom stereocenters. The molecule has 1 amide bonds. The van der Waals surface area contributed by atoms with Crippen LogP contribution in [0.5, 0.6) is 0 Å². The third-order valence-electron chi connectivity index (χ3n) is 3.93. The van der Waals surface area contributed by atoms with Gasteiger partial charge < -0.3 is 10.0 Å². The highest BCUT2D eigenvalue weighted by Crippen LogP contribution is 2.29. The number of rotatable bonds is 5. The van der Waals surface area contributed by atoms with E-state index in [1.54, 1.807) is 4.90 Å². The van der Waals surface area contributed by atoms with E-state index in [4.69, 9.17) is 5.11 Å². The number of carboxylic acids is 1. The lowest BCUT2D eigenvalue weighted by atomic mass is 9.95. The number of hydrogen-bond donors (Lipinski definition) is 1. The summed E-state index contributed by atoms with van der Waals surface area (Å²) in [5.41, 5.74) is 1.70. The molecule has 1 N–H and O–H groups in total. The number of carboxylic acid groups (broad SMARTS) is 1. The number of fused-ring (bicyclic) bond motifs is 1. The molecule has 4 heteroatoms. The van der Waals surface area contributed by atoms with Gasteiger partial charge in [0.25, 0.3) is 5.91 Å². The highest BCUT2D eigenvalue weighted by Gasteiger charge is 2.35. The standard InChI is InChI=1S/C15H19NO3/c1-3-10(2)13(8-14(17)18)16-9-11-6-4-5-7-12(11)15(16)19/h4-7,10,13H,3,8-9H2,1-2H3,(H,17,18)/t10-,13-/m0/s1. The molecule has 0 bridgehead atoms. The summed E-state index contributed by atoms with van der Waals surface area (Å²) in [7, 11) is 0. The second-order valence-corrected chi connectivity index (χ2v) is 5.14. The highest BCUT2D eigenvalue weighted by atomic mass is 16.4. The maximum atomic E-state index is 12.4. The molecule has 0 spiro atoms. The number of hydrogen-bond acceptors (Lipinski definition) is 2. The van der Waals surface area contributed by atoms with Crippen LogP contribution in [0.1, 0.15) is 42.6 Å². The van der Waals surface area contributed by atoms with E-state index < -0.39 is 5.97 Å². The second-order valence-electron chi connectivity index (χ2n) is 5.14. The van der Waals surface area contributed by atoms with Gasteiger partial charge in [-0.25, -0.2) is 0 Å². The first-order chi connectivity index (χ1) is 9.04. The molecule has 1 aliphatic heterocycles. The minimum Gasteiger partial charge on any atom is -0.481 e. The highest BCUT2D eigenvalue weighted by molar-refractivity contribution is 5.98. The van der Waals surface area contributed by atoms with E-state index in [0.29, 0.717) is 12.1 Å². The Kier molecular flexibility index (Phi) is 3.88. The predicted octanol–water partition coefficient (Wildman–Crippen LogP) is 2.53. The van der Waals surface area contributed by atoms with Crippen molar-refractivity contribution in [3.8, 4) is 0 Å². The first-order valence-electron chi connectivity index (χ1n) is 6.65. The average Bonchev–Trinajstić information content (AvgIpc) is 2.73. The molecule has 102 valence electrons. The third kappa shape index (κ3) is 2.62. The molecular weight excluding hydrogens is 242 g/mol. The van der Waals surface area contributed by atoms with Gasteiger partial charge in [-0.05, 0) is 17.5 Å². The van der Waals surface area contributed by atoms with Gasteiger partial charge in [-0.15, -0.1) is 0 Å². The number of benzene rings is 1. The van der Waals surface area contributed by atoms with Crippen LogP contribution >= 0.6 is 0 Å². The van der Waals surface area contributed by atoms with Crippen LogP contribution < -0.4 is 0 Å². The van der Waals surface area contributed by atoms with Crippen LogP contribution in [0.25, 0.3) is 0 Å². The first-order valence-corrected chi connectivity index (χ1v) is 6.65. The number of carbonyl (C=O) groups excluding carboxylic acids is 1. The van der Waals surface area contributed by atoms with Gasteiger partial charge in [0.05, 0.1) is 6.42 Å². The van der Waals surface area contributed by atoms with E-state index in [1.165, 1.54) is 0 Å². The fourth-order valence-corrected chi connectivity index (χ4v) is 2.61. The minimum absolute atomic E-state index is 0.00867. The molecule has 0 saturated heterocycles. The Labute approximate surface area is 113 Å². The fraction of sp³-hybridized carbons (Fsp3) is 0.467. The van der Waals surface area contributed by atoms with E-state index in [-0.39, 0.29) is 24.3 Å². The lowest BCUT2D eigenvalue weighted by molar-refractivity contribution is -0.138. The SMILES string of the molecule is CC[C@H](C)[C@H](CC(=O)O)N1Cc2ccccc2C1=O. The number of aliphatic carboxylic acids is 1. The lowest BCUT2D eigenvalue weighted by Crippen LogP contribution is -2.41. The van der Waals surface area contributed by atoms with Crippen LogP contribution in [0.2, 0.25) is 0 Å². The van der Waals surface area contributed by atoms with Crippen LogP contribution in [-0.2, 0) is 11.3 Å². The van der Waals surface area contributed by atoms with Crippen molar-refractivity contribution in [2.45, 2.75) is 39.3 Å². The second kappa shape index (κ2) is 5.43. The largest absolute Gasteiger partial charge is 0.481 e. The maximum Gasteiger partial charge on any atom is 0.305 e. The van der Waals surface area contributed by atoms with Crippen LogP contribution in [0.4, 0.5) is 0 Å². The van der Waals surface area contributed by atoms with E-state index in [1.807, 2.05) is 38.1 Å². The van der Waals surface area contributed by atoms with Crippen molar-refractivity contribution in [2.75, 3.05) is 0 Å². The van der Waals surface area contributed by atoms with Gasteiger partial charge in [-0.3, -0.25) is 9.59 Å². The van der Waals surface area contributed by atoms with Crippen molar-refractivity contribution in [1.29, 1.82) is 0 Å². The van der Waals surface area contributed by atoms with Crippen LogP contribution in [-0.4, -0.2) is 27.9 Å². The monoisotopic (exact) mass is 261 g/mol. The Morgan fingerprint density at radius 3 is 2.68 bits per heavy atom. The van der Waals surface area contributed by atoms with Gasteiger partial charge in [-0.1, -0.05) is 38.5 Å². The molecule has 4 nitrogen and oxygen atoms in total. The van der Waals surface area contributed by atoms with Gasteiger partial charge in [0.2, 0.25) is 0 Å². The molecule has 19 heavy (non-hydrogen) atoms. The maximum absolute atomic E-state index is 12.4. The zero-order chi connectivity index (χ0) is 14.0. The Balaban J connectivity index is 2.25. The Morgan fingerprint density at radius 1 is 1.42 bits per heavy atom. The normalized spacial score (nSPS) is 17.2. The first kappa shape index (κ1) is 13.6. The summed E-state index contributed by atoms with van der Waals surface area (Å²) in [6.07, 6.45) is 0.868. The van der Waals surface area contributed by atoms with Crippen molar-refractivity contribution in [3.63, 3.8) is 0 Å². The summed E-state index contributed by atoms with van der Waals surface area (Å²) in [5.74, 6) is -0.717. The smallest absolute Gasteiger partial charge is 0.305 e. The minimum atomic E-state index is -0.853. The van der Waals surface area contributed by atoms with Crippen LogP contribution in [0, 0.1) is 5.92 Å². The van der Waals surface area contributed by atoms with E-state index in [2.05, 4.69) is 0 Å². The van der Waals surface area contributed by atoms with Crippen LogP contribution in [0.3, 0.4) is 0 Å².